The van der Waals surface area contributed by atoms with E-state index in [1.54, 1.807) is 25.3 Å². The van der Waals surface area contributed by atoms with Crippen molar-refractivity contribution in [2.45, 2.75) is 19.8 Å². The maximum atomic E-state index is 11.9. The first kappa shape index (κ1) is 14.9. The lowest BCUT2D eigenvalue weighted by Gasteiger charge is -2.09. The van der Waals surface area contributed by atoms with Gasteiger partial charge in [-0.05, 0) is 25.0 Å². The lowest BCUT2D eigenvalue weighted by Crippen LogP contribution is -2.25. The predicted molar refractivity (Wildman–Crippen MR) is 69.2 cm³/mol. The third-order valence-corrected chi connectivity index (χ3v) is 2.73. The molecule has 0 aliphatic heterocycles. The molecule has 0 aromatic carbocycles. The van der Waals surface area contributed by atoms with Gasteiger partial charge in [-0.2, -0.15) is 0 Å². The molecule has 1 heterocycles. The van der Waals surface area contributed by atoms with Gasteiger partial charge in [-0.15, -0.1) is 0 Å². The Morgan fingerprint density at radius 3 is 2.89 bits per heavy atom. The average molecular weight is 266 g/mol. The standard InChI is InChI=1S/C13H18N2O4/c1-9(13(17)18)5-3-7-14-11(16)10-6-4-8-15-12(10)19-2/h4,6,8-9H,3,5,7H2,1-2H3,(H,14,16)(H,17,18). The van der Waals surface area contributed by atoms with Gasteiger partial charge < -0.3 is 15.2 Å². The molecule has 0 saturated carbocycles. The summed E-state index contributed by atoms with van der Waals surface area (Å²) in [5, 5.41) is 11.4. The number of rotatable bonds is 7. The molecule has 1 rings (SSSR count). The molecule has 104 valence electrons. The molecule has 1 atom stereocenters. The second-order valence-corrected chi connectivity index (χ2v) is 4.20. The number of nitrogens with zero attached hydrogens (tertiary/aromatic N) is 1. The monoisotopic (exact) mass is 266 g/mol. The molecule has 0 aliphatic carbocycles. The first-order valence-electron chi connectivity index (χ1n) is 6.06. The summed E-state index contributed by atoms with van der Waals surface area (Å²) >= 11 is 0. The molecule has 0 fully saturated rings. The van der Waals surface area contributed by atoms with Crippen LogP contribution in [0.4, 0.5) is 0 Å². The van der Waals surface area contributed by atoms with Crippen LogP contribution in [-0.2, 0) is 4.79 Å². The van der Waals surface area contributed by atoms with E-state index in [0.29, 0.717) is 24.9 Å². The number of aliphatic carboxylic acids is 1. The number of amides is 1. The van der Waals surface area contributed by atoms with Crippen LogP contribution in [0.1, 0.15) is 30.1 Å². The second kappa shape index (κ2) is 7.35. The highest BCUT2D eigenvalue weighted by molar-refractivity contribution is 5.96. The van der Waals surface area contributed by atoms with Gasteiger partial charge in [0.2, 0.25) is 5.88 Å². The number of carboxylic acids is 1. The summed E-state index contributed by atoms with van der Waals surface area (Å²) in [5.41, 5.74) is 0.372. The SMILES string of the molecule is COc1ncccc1C(=O)NCCCC(C)C(=O)O. The van der Waals surface area contributed by atoms with E-state index in [1.807, 2.05) is 0 Å². The average Bonchev–Trinajstić information content (AvgIpc) is 2.42. The van der Waals surface area contributed by atoms with Crippen molar-refractivity contribution in [3.05, 3.63) is 23.9 Å². The lowest BCUT2D eigenvalue weighted by atomic mass is 10.1. The van der Waals surface area contributed by atoms with Crippen LogP contribution in [0.25, 0.3) is 0 Å². The van der Waals surface area contributed by atoms with E-state index in [9.17, 15) is 9.59 Å². The van der Waals surface area contributed by atoms with E-state index in [2.05, 4.69) is 10.3 Å². The molecule has 0 saturated heterocycles. The Balaban J connectivity index is 2.41. The molecule has 2 N–H and O–H groups in total. The summed E-state index contributed by atoms with van der Waals surface area (Å²) in [6.07, 6.45) is 2.69. The Morgan fingerprint density at radius 2 is 2.26 bits per heavy atom. The van der Waals surface area contributed by atoms with Crippen molar-refractivity contribution >= 4 is 11.9 Å². The third-order valence-electron chi connectivity index (χ3n) is 2.73. The molecule has 19 heavy (non-hydrogen) atoms. The third kappa shape index (κ3) is 4.57. The maximum Gasteiger partial charge on any atom is 0.306 e. The molecule has 1 aromatic heterocycles. The molecular formula is C13H18N2O4. The predicted octanol–water partition coefficient (Wildman–Crippen LogP) is 1.32. The zero-order chi connectivity index (χ0) is 14.3. The normalized spacial score (nSPS) is 11.7. The molecule has 6 heteroatoms. The van der Waals surface area contributed by atoms with Gasteiger partial charge in [0.1, 0.15) is 5.56 Å². The molecule has 0 aliphatic rings. The van der Waals surface area contributed by atoms with Crippen molar-refractivity contribution < 1.29 is 19.4 Å². The van der Waals surface area contributed by atoms with E-state index in [1.165, 1.54) is 7.11 Å². The Bertz CT molecular complexity index is 448. The number of hydrogen-bond donors (Lipinski definition) is 2. The Kier molecular flexibility index (Phi) is 5.78. The highest BCUT2D eigenvalue weighted by Crippen LogP contribution is 2.13. The Labute approximate surface area is 111 Å². The van der Waals surface area contributed by atoms with Gasteiger partial charge in [0.05, 0.1) is 13.0 Å². The second-order valence-electron chi connectivity index (χ2n) is 4.20. The van der Waals surface area contributed by atoms with Crippen LogP contribution in [-0.4, -0.2) is 35.6 Å². The first-order valence-corrected chi connectivity index (χ1v) is 6.06. The smallest absolute Gasteiger partial charge is 0.306 e. The van der Waals surface area contributed by atoms with Crippen LogP contribution in [0, 0.1) is 5.92 Å². The van der Waals surface area contributed by atoms with Crippen LogP contribution < -0.4 is 10.1 Å². The molecule has 6 nitrogen and oxygen atoms in total. The molecule has 0 spiro atoms. The first-order chi connectivity index (χ1) is 9.06. The van der Waals surface area contributed by atoms with E-state index in [-0.39, 0.29) is 11.8 Å². The van der Waals surface area contributed by atoms with Crippen molar-refractivity contribution in [1.29, 1.82) is 0 Å². The number of pyridine rings is 1. The summed E-state index contributed by atoms with van der Waals surface area (Å²) in [6.45, 7) is 2.07. The van der Waals surface area contributed by atoms with Gasteiger partial charge in [-0.1, -0.05) is 6.92 Å². The summed E-state index contributed by atoms with van der Waals surface area (Å²) in [5.74, 6) is -1.21. The van der Waals surface area contributed by atoms with Crippen LogP contribution >= 0.6 is 0 Å². The number of methoxy groups -OCH3 is 1. The van der Waals surface area contributed by atoms with Gasteiger partial charge in [0.15, 0.2) is 0 Å². The minimum atomic E-state index is -0.819. The number of carbonyl (C=O) groups is 2. The van der Waals surface area contributed by atoms with Crippen LogP contribution in [0.3, 0.4) is 0 Å². The highest BCUT2D eigenvalue weighted by Gasteiger charge is 2.13. The fourth-order valence-corrected chi connectivity index (χ4v) is 1.56. The molecule has 1 amide bonds. The van der Waals surface area contributed by atoms with Crippen LogP contribution in [0.15, 0.2) is 18.3 Å². The summed E-state index contributed by atoms with van der Waals surface area (Å²) < 4.78 is 4.99. The van der Waals surface area contributed by atoms with Crippen molar-refractivity contribution in [3.63, 3.8) is 0 Å². The van der Waals surface area contributed by atoms with E-state index in [4.69, 9.17) is 9.84 Å². The number of hydrogen-bond acceptors (Lipinski definition) is 4. The fourth-order valence-electron chi connectivity index (χ4n) is 1.56. The molecule has 0 radical (unpaired) electrons. The number of aromatic nitrogens is 1. The van der Waals surface area contributed by atoms with Crippen LogP contribution in [0.2, 0.25) is 0 Å². The number of carboxylic acid groups (broad SMARTS) is 1. The van der Waals surface area contributed by atoms with E-state index >= 15 is 0 Å². The summed E-state index contributed by atoms with van der Waals surface area (Å²) in [4.78, 5) is 26.4. The van der Waals surface area contributed by atoms with Crippen molar-refractivity contribution in [3.8, 4) is 5.88 Å². The molecule has 0 bridgehead atoms. The molecular weight excluding hydrogens is 248 g/mol. The molecule has 1 unspecified atom stereocenters. The zero-order valence-corrected chi connectivity index (χ0v) is 11.0. The lowest BCUT2D eigenvalue weighted by molar-refractivity contribution is -0.141. The summed E-state index contributed by atoms with van der Waals surface area (Å²) in [7, 11) is 1.45. The Hall–Kier alpha value is -2.11. The maximum absolute atomic E-state index is 11.9. The number of carbonyl (C=O) groups excluding carboxylic acids is 1. The van der Waals surface area contributed by atoms with Crippen molar-refractivity contribution in [2.24, 2.45) is 5.92 Å². The van der Waals surface area contributed by atoms with Crippen molar-refractivity contribution in [1.82, 2.24) is 10.3 Å². The largest absolute Gasteiger partial charge is 0.481 e. The Morgan fingerprint density at radius 1 is 1.53 bits per heavy atom. The fraction of sp³-hybridized carbons (Fsp3) is 0.462. The number of nitrogens with one attached hydrogen (secondary N) is 1. The van der Waals surface area contributed by atoms with E-state index < -0.39 is 11.9 Å². The van der Waals surface area contributed by atoms with E-state index in [0.717, 1.165) is 0 Å². The van der Waals surface area contributed by atoms with Gasteiger partial charge >= 0.3 is 5.97 Å². The van der Waals surface area contributed by atoms with Gasteiger partial charge in [-0.25, -0.2) is 4.98 Å². The van der Waals surface area contributed by atoms with Crippen molar-refractivity contribution in [2.75, 3.05) is 13.7 Å². The topological polar surface area (TPSA) is 88.5 Å². The zero-order valence-electron chi connectivity index (χ0n) is 11.0. The molecule has 1 aromatic rings. The quantitative estimate of drug-likeness (QED) is 0.727. The number of ether oxygens (including phenoxy) is 1. The minimum Gasteiger partial charge on any atom is -0.481 e. The van der Waals surface area contributed by atoms with Crippen LogP contribution in [0.5, 0.6) is 5.88 Å². The van der Waals surface area contributed by atoms with Gasteiger partial charge in [0.25, 0.3) is 5.91 Å². The highest BCUT2D eigenvalue weighted by atomic mass is 16.5. The van der Waals surface area contributed by atoms with Gasteiger partial charge in [0, 0.05) is 12.7 Å². The summed E-state index contributed by atoms with van der Waals surface area (Å²) in [6, 6.07) is 3.28. The minimum absolute atomic E-state index is 0.270. The van der Waals surface area contributed by atoms with Gasteiger partial charge in [-0.3, -0.25) is 9.59 Å².